The summed E-state index contributed by atoms with van der Waals surface area (Å²) in [6.07, 6.45) is 64.3. The average Bonchev–Trinajstić information content (AvgIpc) is 3.20. The van der Waals surface area contributed by atoms with Crippen molar-refractivity contribution in [3.05, 3.63) is 36.5 Å². The molecule has 0 aliphatic heterocycles. The minimum Gasteiger partial charge on any atom is -0.394 e. The number of amides is 1. The quantitative estimate of drug-likeness (QED) is 0.0425. The van der Waals surface area contributed by atoms with E-state index in [1.807, 2.05) is 6.08 Å². The highest BCUT2D eigenvalue weighted by Crippen LogP contribution is 2.17. The summed E-state index contributed by atoms with van der Waals surface area (Å²) in [5.41, 5.74) is 0. The Morgan fingerprint density at radius 2 is 0.732 bits per heavy atom. The molecule has 2 unspecified atom stereocenters. The number of aliphatic hydroxyl groups excluding tert-OH is 2. The van der Waals surface area contributed by atoms with Crippen LogP contribution in [0.1, 0.15) is 271 Å². The molecule has 0 saturated heterocycles. The summed E-state index contributed by atoms with van der Waals surface area (Å²) in [5, 5.41) is 23.1. The smallest absolute Gasteiger partial charge is 0.220 e. The number of hydrogen-bond acceptors (Lipinski definition) is 3. The second kappa shape index (κ2) is 48.0. The molecule has 0 rings (SSSR count). The lowest BCUT2D eigenvalue weighted by atomic mass is 10.0. The van der Waals surface area contributed by atoms with Gasteiger partial charge in [-0.05, 0) is 51.4 Å². The molecule has 0 aliphatic carbocycles. The van der Waals surface area contributed by atoms with E-state index in [0.717, 1.165) is 44.9 Å². The van der Waals surface area contributed by atoms with Gasteiger partial charge in [0.1, 0.15) is 0 Å². The van der Waals surface area contributed by atoms with Crippen molar-refractivity contribution in [3.8, 4) is 0 Å². The fourth-order valence-electron chi connectivity index (χ4n) is 7.74. The van der Waals surface area contributed by atoms with E-state index in [2.05, 4.69) is 43.5 Å². The Labute approximate surface area is 351 Å². The van der Waals surface area contributed by atoms with E-state index in [9.17, 15) is 15.0 Å². The lowest BCUT2D eigenvalue weighted by molar-refractivity contribution is -0.123. The molecule has 0 aromatic rings. The molecule has 0 aliphatic rings. The predicted molar refractivity (Wildman–Crippen MR) is 248 cm³/mol. The number of unbranched alkanes of at least 4 members (excludes halogenated alkanes) is 35. The molecule has 0 bridgehead atoms. The highest BCUT2D eigenvalue weighted by Gasteiger charge is 2.18. The van der Waals surface area contributed by atoms with Gasteiger partial charge in [-0.1, -0.05) is 249 Å². The van der Waals surface area contributed by atoms with E-state index in [1.54, 1.807) is 6.08 Å². The van der Waals surface area contributed by atoms with Crippen molar-refractivity contribution >= 4 is 5.91 Å². The van der Waals surface area contributed by atoms with Crippen LogP contribution in [0.2, 0.25) is 0 Å². The minimum atomic E-state index is -0.845. The normalized spacial score (nSPS) is 13.1. The molecule has 0 spiro atoms. The molecule has 4 heteroatoms. The predicted octanol–water partition coefficient (Wildman–Crippen LogP) is 16.1. The van der Waals surface area contributed by atoms with Crippen molar-refractivity contribution in [3.63, 3.8) is 0 Å². The second-order valence-corrected chi connectivity index (χ2v) is 17.2. The van der Waals surface area contributed by atoms with Gasteiger partial charge < -0.3 is 15.5 Å². The van der Waals surface area contributed by atoms with Gasteiger partial charge in [0.05, 0.1) is 18.8 Å². The van der Waals surface area contributed by atoms with Gasteiger partial charge in [0.15, 0.2) is 0 Å². The van der Waals surface area contributed by atoms with Crippen molar-refractivity contribution in [1.29, 1.82) is 0 Å². The van der Waals surface area contributed by atoms with E-state index in [4.69, 9.17) is 0 Å². The fraction of sp³-hybridized carbons (Fsp3) is 0.865. The molecule has 3 N–H and O–H groups in total. The number of rotatable bonds is 46. The molecular weight excluding hydrogens is 687 g/mol. The minimum absolute atomic E-state index is 0.0761. The van der Waals surface area contributed by atoms with Gasteiger partial charge in [0, 0.05) is 6.42 Å². The Hall–Kier alpha value is -1.39. The SMILES string of the molecule is CCCCC/C=C\C/C=C\CCCCCCCC(=O)NC(CO)C(O)/C=C/CCCCCCCCCCCCCCCCCCCCCCCCCCCCC. The molecule has 0 saturated carbocycles. The Bertz CT molecular complexity index is 851. The first-order chi connectivity index (χ1) is 27.7. The topological polar surface area (TPSA) is 69.6 Å². The number of aliphatic hydroxyl groups is 2. The maximum atomic E-state index is 12.4. The number of allylic oxidation sites excluding steroid dienone is 5. The number of nitrogens with one attached hydrogen (secondary N) is 1. The monoisotopic (exact) mass is 786 g/mol. The van der Waals surface area contributed by atoms with Gasteiger partial charge in [0.25, 0.3) is 0 Å². The average molecular weight is 786 g/mol. The van der Waals surface area contributed by atoms with E-state index in [0.29, 0.717) is 6.42 Å². The molecule has 56 heavy (non-hydrogen) atoms. The number of carbonyl (C=O) groups excluding carboxylic acids is 1. The summed E-state index contributed by atoms with van der Waals surface area (Å²) in [4.78, 5) is 12.4. The summed E-state index contributed by atoms with van der Waals surface area (Å²) in [7, 11) is 0. The summed E-state index contributed by atoms with van der Waals surface area (Å²) in [6.45, 7) is 4.29. The van der Waals surface area contributed by atoms with Crippen molar-refractivity contribution in [2.24, 2.45) is 0 Å². The van der Waals surface area contributed by atoms with Crippen molar-refractivity contribution in [2.75, 3.05) is 6.61 Å². The highest BCUT2D eigenvalue weighted by molar-refractivity contribution is 5.76. The van der Waals surface area contributed by atoms with E-state index >= 15 is 0 Å². The molecular formula is C52H99NO3. The molecule has 0 aromatic carbocycles. The van der Waals surface area contributed by atoms with Crippen LogP contribution >= 0.6 is 0 Å². The molecule has 0 fully saturated rings. The number of carbonyl (C=O) groups is 1. The van der Waals surface area contributed by atoms with Gasteiger partial charge in [-0.2, -0.15) is 0 Å². The van der Waals surface area contributed by atoms with Crippen LogP contribution in [-0.2, 0) is 4.79 Å². The Kier molecular flexibility index (Phi) is 46.8. The zero-order chi connectivity index (χ0) is 40.7. The van der Waals surface area contributed by atoms with Crippen LogP contribution in [0, 0.1) is 0 Å². The molecule has 1 amide bonds. The first kappa shape index (κ1) is 54.6. The first-order valence-corrected chi connectivity index (χ1v) is 25.2. The van der Waals surface area contributed by atoms with Gasteiger partial charge in [0.2, 0.25) is 5.91 Å². The fourth-order valence-corrected chi connectivity index (χ4v) is 7.74. The summed E-state index contributed by atoms with van der Waals surface area (Å²) in [5.74, 6) is -0.0761. The van der Waals surface area contributed by atoms with Gasteiger partial charge in [-0.15, -0.1) is 0 Å². The third-order valence-corrected chi connectivity index (χ3v) is 11.6. The summed E-state index contributed by atoms with van der Waals surface area (Å²) < 4.78 is 0. The van der Waals surface area contributed by atoms with Crippen LogP contribution in [0.5, 0.6) is 0 Å². The van der Waals surface area contributed by atoms with Crippen LogP contribution in [0.4, 0.5) is 0 Å². The Morgan fingerprint density at radius 3 is 1.11 bits per heavy atom. The maximum absolute atomic E-state index is 12.4. The van der Waals surface area contributed by atoms with Crippen LogP contribution < -0.4 is 5.32 Å². The number of hydrogen-bond donors (Lipinski definition) is 3. The van der Waals surface area contributed by atoms with Crippen LogP contribution in [0.25, 0.3) is 0 Å². The van der Waals surface area contributed by atoms with E-state index in [1.165, 1.54) is 205 Å². The van der Waals surface area contributed by atoms with Crippen LogP contribution in [-0.4, -0.2) is 34.9 Å². The molecule has 0 aromatic heterocycles. The molecule has 0 radical (unpaired) electrons. The standard InChI is InChI=1S/C52H99NO3/c1-3-5-7-9-11-13-15-17-19-20-21-22-23-24-25-26-27-28-29-30-31-32-34-35-37-39-41-43-45-47-51(55)50(49-54)53-52(56)48-46-44-42-40-38-36-33-18-16-14-12-10-8-6-4-2/h12,14,18,33,45,47,50-51,54-55H,3-11,13,15-17,19-32,34-44,46,48-49H2,1-2H3,(H,53,56)/b14-12-,33-18-,47-45+. The lowest BCUT2D eigenvalue weighted by Crippen LogP contribution is -2.45. The zero-order valence-electron chi connectivity index (χ0n) is 37.9. The third-order valence-electron chi connectivity index (χ3n) is 11.6. The highest BCUT2D eigenvalue weighted by atomic mass is 16.3. The van der Waals surface area contributed by atoms with Gasteiger partial charge in [-0.25, -0.2) is 0 Å². The van der Waals surface area contributed by atoms with Gasteiger partial charge in [-0.3, -0.25) is 4.79 Å². The van der Waals surface area contributed by atoms with Crippen molar-refractivity contribution in [1.82, 2.24) is 5.32 Å². The van der Waals surface area contributed by atoms with Crippen molar-refractivity contribution < 1.29 is 15.0 Å². The maximum Gasteiger partial charge on any atom is 0.220 e. The van der Waals surface area contributed by atoms with Crippen LogP contribution in [0.15, 0.2) is 36.5 Å². The van der Waals surface area contributed by atoms with Crippen LogP contribution in [0.3, 0.4) is 0 Å². The van der Waals surface area contributed by atoms with Gasteiger partial charge >= 0.3 is 0 Å². The largest absolute Gasteiger partial charge is 0.394 e. The third kappa shape index (κ3) is 43.7. The Balaban J connectivity index is 3.48. The molecule has 330 valence electrons. The summed E-state index contributed by atoms with van der Waals surface area (Å²) in [6, 6.07) is -0.629. The lowest BCUT2D eigenvalue weighted by Gasteiger charge is -2.20. The summed E-state index contributed by atoms with van der Waals surface area (Å²) >= 11 is 0. The first-order valence-electron chi connectivity index (χ1n) is 25.2. The molecule has 4 nitrogen and oxygen atoms in total. The van der Waals surface area contributed by atoms with E-state index in [-0.39, 0.29) is 12.5 Å². The molecule has 0 heterocycles. The molecule has 2 atom stereocenters. The zero-order valence-corrected chi connectivity index (χ0v) is 37.9. The Morgan fingerprint density at radius 1 is 0.429 bits per heavy atom. The second-order valence-electron chi connectivity index (χ2n) is 17.2. The van der Waals surface area contributed by atoms with E-state index < -0.39 is 12.1 Å². The van der Waals surface area contributed by atoms with Crippen molar-refractivity contribution in [2.45, 2.75) is 283 Å².